The second kappa shape index (κ2) is 9.08. The highest BCUT2D eigenvalue weighted by molar-refractivity contribution is 5.78. The van der Waals surface area contributed by atoms with Crippen molar-refractivity contribution in [2.45, 2.75) is 39.3 Å². The van der Waals surface area contributed by atoms with E-state index in [-0.39, 0.29) is 24.6 Å². The van der Waals surface area contributed by atoms with Crippen molar-refractivity contribution in [3.8, 4) is 5.75 Å². The van der Waals surface area contributed by atoms with Crippen molar-refractivity contribution >= 4 is 12.0 Å². The Hall–Kier alpha value is -2.28. The van der Waals surface area contributed by atoms with Gasteiger partial charge in [-0.1, -0.05) is 18.2 Å². The van der Waals surface area contributed by atoms with Crippen LogP contribution in [-0.2, 0) is 9.53 Å². The topological polar surface area (TPSA) is 71.1 Å². The Kier molecular flexibility index (Phi) is 7.07. The fourth-order valence-corrected chi connectivity index (χ4v) is 3.18. The lowest BCUT2D eigenvalue weighted by atomic mass is 10.0. The van der Waals surface area contributed by atoms with Gasteiger partial charge in [0, 0.05) is 31.7 Å². The number of carbonyl (C=O) groups excluding carboxylic acids is 2. The van der Waals surface area contributed by atoms with Crippen LogP contribution in [0.5, 0.6) is 5.75 Å². The van der Waals surface area contributed by atoms with Crippen LogP contribution in [-0.4, -0.2) is 67.2 Å². The van der Waals surface area contributed by atoms with E-state index < -0.39 is 5.60 Å². The van der Waals surface area contributed by atoms with Gasteiger partial charge in [0.25, 0.3) is 0 Å². The Morgan fingerprint density at radius 3 is 2.56 bits per heavy atom. The third kappa shape index (κ3) is 5.85. The van der Waals surface area contributed by atoms with Gasteiger partial charge in [0.15, 0.2) is 0 Å². The molecule has 1 saturated heterocycles. The summed E-state index contributed by atoms with van der Waals surface area (Å²) in [6, 6.07) is 7.57. The molecule has 150 valence electrons. The van der Waals surface area contributed by atoms with Crippen molar-refractivity contribution in [3.63, 3.8) is 0 Å². The van der Waals surface area contributed by atoms with Crippen LogP contribution in [0.25, 0.3) is 0 Å². The number of benzene rings is 1. The molecule has 7 nitrogen and oxygen atoms in total. The van der Waals surface area contributed by atoms with Crippen LogP contribution in [0.4, 0.5) is 4.79 Å². The summed E-state index contributed by atoms with van der Waals surface area (Å²) in [4.78, 5) is 28.5. The summed E-state index contributed by atoms with van der Waals surface area (Å²) >= 11 is 0. The van der Waals surface area contributed by atoms with Gasteiger partial charge in [0.2, 0.25) is 5.91 Å². The van der Waals surface area contributed by atoms with Crippen LogP contribution in [0.15, 0.2) is 24.3 Å². The van der Waals surface area contributed by atoms with E-state index in [0.717, 1.165) is 11.3 Å². The second-order valence-electron chi connectivity index (χ2n) is 7.61. The number of rotatable bonds is 5. The van der Waals surface area contributed by atoms with E-state index >= 15 is 0 Å². The number of piperazine rings is 1. The van der Waals surface area contributed by atoms with Crippen LogP contribution in [0.3, 0.4) is 0 Å². The number of carbonyl (C=O) groups is 2. The van der Waals surface area contributed by atoms with Gasteiger partial charge in [-0.3, -0.25) is 9.69 Å². The van der Waals surface area contributed by atoms with Crippen molar-refractivity contribution in [2.24, 2.45) is 0 Å². The molecular formula is C20H31N3O4. The molecule has 1 N–H and O–H groups in total. The van der Waals surface area contributed by atoms with Gasteiger partial charge < -0.3 is 19.7 Å². The fraction of sp³-hybridized carbons (Fsp3) is 0.600. The van der Waals surface area contributed by atoms with Gasteiger partial charge in [-0.05, 0) is 33.8 Å². The minimum Gasteiger partial charge on any atom is -0.496 e. The maximum Gasteiger partial charge on any atom is 0.410 e. The molecule has 2 amide bonds. The first-order valence-electron chi connectivity index (χ1n) is 9.36. The molecule has 7 heteroatoms. The molecule has 0 bridgehead atoms. The number of likely N-dealkylation sites (N-methyl/N-ethyl adjacent to an activating group) is 1. The molecule has 1 atom stereocenters. The van der Waals surface area contributed by atoms with E-state index in [9.17, 15) is 9.59 Å². The molecule has 1 fully saturated rings. The quantitative estimate of drug-likeness (QED) is 0.853. The summed E-state index contributed by atoms with van der Waals surface area (Å²) in [6.45, 7) is 9.87. The van der Waals surface area contributed by atoms with Crippen molar-refractivity contribution in [1.82, 2.24) is 15.1 Å². The first kappa shape index (κ1) is 21.0. The summed E-state index contributed by atoms with van der Waals surface area (Å²) in [5, 5.41) is 2.84. The largest absolute Gasteiger partial charge is 0.496 e. The predicted molar refractivity (Wildman–Crippen MR) is 104 cm³/mol. The maximum atomic E-state index is 12.6. The molecular weight excluding hydrogens is 346 g/mol. The molecule has 1 aliphatic heterocycles. The highest BCUT2D eigenvalue weighted by Crippen LogP contribution is 2.32. The first-order chi connectivity index (χ1) is 12.7. The summed E-state index contributed by atoms with van der Waals surface area (Å²) < 4.78 is 11.0. The van der Waals surface area contributed by atoms with Crippen LogP contribution in [0.2, 0.25) is 0 Å². The van der Waals surface area contributed by atoms with Gasteiger partial charge in [-0.25, -0.2) is 4.79 Å². The number of methoxy groups -OCH3 is 1. The molecule has 0 aliphatic carbocycles. The third-order valence-corrected chi connectivity index (χ3v) is 4.36. The summed E-state index contributed by atoms with van der Waals surface area (Å²) in [5.74, 6) is 0.720. The molecule has 27 heavy (non-hydrogen) atoms. The summed E-state index contributed by atoms with van der Waals surface area (Å²) in [5.41, 5.74) is 0.410. The number of amides is 2. The molecule has 2 rings (SSSR count). The smallest absolute Gasteiger partial charge is 0.410 e. The second-order valence-corrected chi connectivity index (χ2v) is 7.61. The Morgan fingerprint density at radius 2 is 1.93 bits per heavy atom. The first-order valence-corrected chi connectivity index (χ1v) is 9.36. The Balaban J connectivity index is 2.24. The van der Waals surface area contributed by atoms with Gasteiger partial charge in [-0.2, -0.15) is 0 Å². The van der Waals surface area contributed by atoms with Gasteiger partial charge in [0.05, 0.1) is 19.7 Å². The Bertz CT molecular complexity index is 657. The average molecular weight is 377 g/mol. The van der Waals surface area contributed by atoms with E-state index in [0.29, 0.717) is 26.2 Å². The highest BCUT2D eigenvalue weighted by atomic mass is 16.6. The molecule has 1 unspecified atom stereocenters. The van der Waals surface area contributed by atoms with E-state index in [1.807, 2.05) is 52.0 Å². The van der Waals surface area contributed by atoms with E-state index in [1.54, 1.807) is 12.0 Å². The van der Waals surface area contributed by atoms with Crippen molar-refractivity contribution in [3.05, 3.63) is 29.8 Å². The predicted octanol–water partition coefficient (Wildman–Crippen LogP) is 2.43. The van der Waals surface area contributed by atoms with Crippen molar-refractivity contribution in [1.29, 1.82) is 0 Å². The lowest BCUT2D eigenvalue weighted by molar-refractivity contribution is -0.123. The van der Waals surface area contributed by atoms with Crippen molar-refractivity contribution < 1.29 is 19.1 Å². The molecule has 0 radical (unpaired) electrons. The zero-order valence-corrected chi connectivity index (χ0v) is 16.9. The average Bonchev–Trinajstić information content (AvgIpc) is 2.60. The van der Waals surface area contributed by atoms with Gasteiger partial charge in [0.1, 0.15) is 11.4 Å². The van der Waals surface area contributed by atoms with Gasteiger partial charge in [-0.15, -0.1) is 0 Å². The van der Waals surface area contributed by atoms with Crippen molar-refractivity contribution in [2.75, 3.05) is 39.8 Å². The Labute approximate surface area is 161 Å². The molecule has 1 aliphatic rings. The van der Waals surface area contributed by atoms with Gasteiger partial charge >= 0.3 is 6.09 Å². The van der Waals surface area contributed by atoms with E-state index in [1.165, 1.54) is 0 Å². The van der Waals surface area contributed by atoms with Crippen LogP contribution >= 0.6 is 0 Å². The molecule has 1 heterocycles. The molecule has 1 aromatic carbocycles. The molecule has 0 aromatic heterocycles. The Morgan fingerprint density at radius 1 is 1.22 bits per heavy atom. The normalized spacial score (nSPS) is 18.1. The number of nitrogens with zero attached hydrogens (tertiary/aromatic N) is 2. The number of hydrogen-bond donors (Lipinski definition) is 1. The highest BCUT2D eigenvalue weighted by Gasteiger charge is 2.34. The minimum atomic E-state index is -0.546. The van der Waals surface area contributed by atoms with E-state index in [4.69, 9.17) is 9.47 Å². The van der Waals surface area contributed by atoms with Crippen LogP contribution in [0, 0.1) is 0 Å². The standard InChI is InChI=1S/C20H31N3O4/c1-6-21-18(24)14-22-11-12-23(19(25)27-20(2,3)4)13-16(22)15-9-7-8-10-17(15)26-5/h7-10,16H,6,11-14H2,1-5H3,(H,21,24). The maximum absolute atomic E-state index is 12.6. The zero-order chi connectivity index (χ0) is 20.0. The summed E-state index contributed by atoms with van der Waals surface area (Å²) in [6.07, 6.45) is -0.333. The van der Waals surface area contributed by atoms with Crippen LogP contribution in [0.1, 0.15) is 39.3 Å². The number of ether oxygens (including phenoxy) is 2. The number of nitrogens with one attached hydrogen (secondary N) is 1. The third-order valence-electron chi connectivity index (χ3n) is 4.36. The monoisotopic (exact) mass is 377 g/mol. The lowest BCUT2D eigenvalue weighted by Crippen LogP contribution is -2.53. The minimum absolute atomic E-state index is 0.0249. The SMILES string of the molecule is CCNC(=O)CN1CCN(C(=O)OC(C)(C)C)CC1c1ccccc1OC. The molecule has 0 saturated carbocycles. The summed E-state index contributed by atoms with van der Waals surface area (Å²) in [7, 11) is 1.63. The molecule has 0 spiro atoms. The fourth-order valence-electron chi connectivity index (χ4n) is 3.18. The lowest BCUT2D eigenvalue weighted by Gasteiger charge is -2.41. The van der Waals surface area contributed by atoms with E-state index in [2.05, 4.69) is 10.2 Å². The zero-order valence-electron chi connectivity index (χ0n) is 16.9. The van der Waals surface area contributed by atoms with Crippen LogP contribution < -0.4 is 10.1 Å². The number of hydrogen-bond acceptors (Lipinski definition) is 5. The molecule has 1 aromatic rings. The number of para-hydroxylation sites is 1.